The van der Waals surface area contributed by atoms with Gasteiger partial charge in [0.25, 0.3) is 0 Å². The Kier molecular flexibility index (Phi) is 30.0. The van der Waals surface area contributed by atoms with E-state index in [1.165, 1.54) is 13.1 Å². The second-order valence-corrected chi connectivity index (χ2v) is 42.1. The van der Waals surface area contributed by atoms with Gasteiger partial charge < -0.3 is 58.9 Å². The Bertz CT molecular complexity index is 5780. The Labute approximate surface area is 776 Å². The van der Waals surface area contributed by atoms with Crippen LogP contribution in [0.5, 0.6) is 23.0 Å². The van der Waals surface area contributed by atoms with E-state index >= 15 is 0 Å². The smallest absolute Gasteiger partial charge is 0.487 e. The number of hydroxylamine groups is 3. The van der Waals surface area contributed by atoms with E-state index in [9.17, 15) is 14.9 Å². The molecule has 8 bridgehead atoms. The zero-order valence-corrected chi connectivity index (χ0v) is 77.2. The predicted molar refractivity (Wildman–Crippen MR) is 507 cm³/mol. The number of hydrogen-bond donors (Lipinski definition) is 5. The minimum absolute atomic E-state index is 0. The summed E-state index contributed by atoms with van der Waals surface area (Å²) in [4.78, 5) is 54.4. The topological polar surface area (TPSA) is 298 Å². The second kappa shape index (κ2) is 41.1. The molecule has 13 aliphatic heterocycles. The molecule has 8 aromatic rings. The first-order chi connectivity index (χ1) is 62.2. The van der Waals surface area contributed by atoms with Crippen molar-refractivity contribution in [2.45, 2.75) is 203 Å². The van der Waals surface area contributed by atoms with Crippen LogP contribution in [0.4, 0.5) is 22.7 Å². The molecule has 8 aromatic carbocycles. The van der Waals surface area contributed by atoms with Gasteiger partial charge in [0.2, 0.25) is 17.9 Å². The molecule has 130 heavy (non-hydrogen) atoms. The van der Waals surface area contributed by atoms with Gasteiger partial charge in [-0.15, -0.1) is 12.4 Å². The summed E-state index contributed by atoms with van der Waals surface area (Å²) in [7, 11) is 0.521. The Morgan fingerprint density at radius 3 is 1.27 bits per heavy atom. The number of carbonyl (C=O) groups is 2. The van der Waals surface area contributed by atoms with Gasteiger partial charge in [-0.1, -0.05) is 113 Å². The van der Waals surface area contributed by atoms with E-state index in [1.54, 1.807) is 47.9 Å². The zero-order chi connectivity index (χ0) is 90.8. The SMILES string of the molecule is C=C=N[Si](C)(C)C.CNO.Cl.O=C1CC(C23CCC(CC2)OC3)Oc2ccc(Br)cc21.[C-]#[N+]c1cccc(-c2ccc3c(c2)C(=NC#N)CC(C24CCC(CC2)OC4)O3)c1.[C-]#[N+]c1cccc(-c2ccc3c(c2)C(=O)CC(C24CCC(CC2)OC4)O3)c1.[C-]#[N+]c1cccc(-c2ccc3c(c2)C2(CC(C45CCC(CC4)OC5)O3)N=C(N)N(C)O2)c1.[C-]#[N+]c1cccc(B(O)O)c1. The van der Waals surface area contributed by atoms with Crippen molar-refractivity contribution in [3.8, 4) is 62.6 Å². The molecule has 4 saturated carbocycles. The molecule has 17 aliphatic rings. The molecule has 0 radical (unpaired) electrons. The van der Waals surface area contributed by atoms with Crippen molar-refractivity contribution in [1.29, 1.82) is 5.26 Å². The van der Waals surface area contributed by atoms with E-state index < -0.39 is 21.1 Å². The van der Waals surface area contributed by atoms with Crippen LogP contribution in [0.15, 0.2) is 196 Å². The third-order valence-corrected chi connectivity index (χ3v) is 28.8. The first-order valence-electron chi connectivity index (χ1n) is 44.2. The number of carbonyl (C=O) groups excluding carboxylic acids is 2. The first kappa shape index (κ1) is 94.9. The summed E-state index contributed by atoms with van der Waals surface area (Å²) >= 11 is 3.41. The maximum absolute atomic E-state index is 12.9. The standard InChI is InChI=1S/C25H26N4O3.C24H21N3O2.C23H21NO3.C16H17BrO3.C7H6BNO2.C5H11NSi.CH5NO.ClH/c1-27-18-5-3-4-16(12-18)17-6-7-21-20(13-17)25(28-23(26)29(2)32-25)14-22(31-21)24-10-8-19(9-11-24)30-15-24;1-26-18-4-2-3-16(11-18)17-5-6-22-20(12-17)21(27-15-25)13-23(29-22)24-9-7-19(8-10-24)28-14-24;1-24-17-4-2-3-15(11-17)16-5-6-21-19(12-16)20(25)13-22(27-21)23-9-7-18(8-10-23)26-14-23;17-10-1-2-14-12(7-10)13(18)8-15(20-14)16-5-3-11(4-6-16)19-9-16;1-9-7-4-2-3-6(5-7)8(10)11;1-5-6-7(2,3)4;1-2-3;/h3-7,12-13,19,22H,8-11,14-15H2,2H3,(H2,26,28);2-6,11-12,19,23H,7-10,13-14H2;2-6,11-12,18,22H,7-10,13-14H2;1-2,7,11,15H,3-6,8-9H2;2-5,10-11H;1H2,2-4H3;2-3H,1H3;1H. The van der Waals surface area contributed by atoms with Crippen LogP contribution in [-0.2, 0) is 29.5 Å². The number of nitrogens with one attached hydrogen (secondary N) is 1. The van der Waals surface area contributed by atoms with Crippen molar-refractivity contribution in [1.82, 2.24) is 10.5 Å². The fraction of sp³-hybridized carbons (Fsp3) is 0.416. The number of halogens is 2. The highest BCUT2D eigenvalue weighted by Gasteiger charge is 2.58. The third-order valence-electron chi connectivity index (χ3n) is 27.5. The molecular weight excluding hydrogens is 1750 g/mol. The summed E-state index contributed by atoms with van der Waals surface area (Å²) in [5, 5.41) is 35.5. The fourth-order valence-corrected chi connectivity index (χ4v) is 21.1. The summed E-state index contributed by atoms with van der Waals surface area (Å²) in [5.74, 6) is 6.22. The molecule has 0 amide bonds. The van der Waals surface area contributed by atoms with Crippen molar-refractivity contribution < 1.29 is 67.6 Å². The van der Waals surface area contributed by atoms with Crippen LogP contribution in [0.1, 0.15) is 160 Å². The molecule has 12 fully saturated rings. The van der Waals surface area contributed by atoms with Crippen molar-refractivity contribution in [3.05, 3.63) is 249 Å². The number of ketones is 2. The van der Waals surface area contributed by atoms with E-state index in [-0.39, 0.29) is 70.0 Å². The van der Waals surface area contributed by atoms with Gasteiger partial charge >= 0.3 is 7.12 Å². The molecule has 4 aliphatic carbocycles. The van der Waals surface area contributed by atoms with Crippen LogP contribution in [-0.4, -0.2) is 154 Å². The molecule has 672 valence electrons. The number of nitrogens with two attached hydrogens (primary N) is 1. The number of nitriles is 1. The van der Waals surface area contributed by atoms with E-state index in [0.717, 1.165) is 194 Å². The van der Waals surface area contributed by atoms with Gasteiger partial charge in [-0.05, 0) is 246 Å². The number of Topliss-reactive ketones (excluding diaryl/α,β-unsaturated/α-hetero) is 2. The molecule has 5 unspecified atom stereocenters. The number of aliphatic imine (C=N–C) groups is 2. The Morgan fingerprint density at radius 1 is 0.531 bits per heavy atom. The maximum atomic E-state index is 12.9. The van der Waals surface area contributed by atoms with Gasteiger partial charge in [0.1, 0.15) is 47.4 Å². The lowest BCUT2D eigenvalue weighted by molar-refractivity contribution is -0.217. The van der Waals surface area contributed by atoms with Crippen molar-refractivity contribution in [3.63, 3.8) is 0 Å². The molecule has 5 atom stereocenters. The number of guanidine groups is 1. The normalized spacial score (nSPS) is 27.4. The number of ether oxygens (including phenoxy) is 8. The molecular formula is C101H108BBrClN11O14Si. The molecule has 6 N–H and O–H groups in total. The summed E-state index contributed by atoms with van der Waals surface area (Å²) in [6.45, 7) is 41.1. The van der Waals surface area contributed by atoms with E-state index in [2.05, 4.69) is 83.1 Å². The van der Waals surface area contributed by atoms with Crippen LogP contribution in [0, 0.1) is 59.4 Å². The van der Waals surface area contributed by atoms with Crippen LogP contribution >= 0.6 is 28.3 Å². The molecule has 25 rings (SSSR count). The van der Waals surface area contributed by atoms with Gasteiger partial charge in [0.05, 0.1) is 99.5 Å². The minimum atomic E-state index is -1.49. The first-order valence-corrected chi connectivity index (χ1v) is 48.5. The third kappa shape index (κ3) is 21.1. The minimum Gasteiger partial charge on any atom is -0.489 e. The number of benzene rings is 8. The Balaban J connectivity index is 0.000000131. The quantitative estimate of drug-likeness (QED) is 0.0295. The van der Waals surface area contributed by atoms with Gasteiger partial charge in [0, 0.05) is 71.5 Å². The van der Waals surface area contributed by atoms with Gasteiger partial charge in [-0.3, -0.25) is 14.2 Å². The number of fused-ring (bicyclic) bond motifs is 17. The second-order valence-electron chi connectivity index (χ2n) is 36.6. The molecule has 29 heteroatoms. The summed E-state index contributed by atoms with van der Waals surface area (Å²) in [5.41, 5.74) is 19.3. The summed E-state index contributed by atoms with van der Waals surface area (Å²) in [6, 6.07) is 52.4. The fourth-order valence-electron chi connectivity index (χ4n) is 20.2. The number of nitrogens with zero attached hydrogens (tertiary/aromatic N) is 9. The van der Waals surface area contributed by atoms with Gasteiger partial charge in [0.15, 0.2) is 42.6 Å². The molecule has 8 saturated heterocycles. The highest BCUT2D eigenvalue weighted by molar-refractivity contribution is 9.10. The van der Waals surface area contributed by atoms with Crippen molar-refractivity contribution >= 4 is 101 Å². The molecule has 13 heterocycles. The van der Waals surface area contributed by atoms with Crippen LogP contribution in [0.25, 0.3) is 52.8 Å². The lowest BCUT2D eigenvalue weighted by Crippen LogP contribution is -2.55. The highest BCUT2D eigenvalue weighted by Crippen LogP contribution is 2.57. The average molecular weight is 1850 g/mol. The van der Waals surface area contributed by atoms with Crippen molar-refractivity contribution in [2.24, 2.45) is 42.0 Å². The lowest BCUT2D eigenvalue weighted by Gasteiger charge is -2.52. The predicted octanol–water partition coefficient (Wildman–Crippen LogP) is 20.2. The molecule has 1 spiro atoms. The van der Waals surface area contributed by atoms with Crippen LogP contribution < -0.4 is 35.6 Å². The van der Waals surface area contributed by atoms with E-state index in [1.807, 2.05) is 134 Å². The largest absolute Gasteiger partial charge is 0.489 e. The average Bonchev–Trinajstić information content (AvgIpc) is 1.47. The van der Waals surface area contributed by atoms with Crippen LogP contribution in [0.3, 0.4) is 0 Å². The monoisotopic (exact) mass is 1850 g/mol. The maximum Gasteiger partial charge on any atom is 0.487 e. The number of rotatable bonds is 9. The molecule has 25 nitrogen and oxygen atoms in total. The highest BCUT2D eigenvalue weighted by atomic mass is 79.9. The summed E-state index contributed by atoms with van der Waals surface area (Å²) in [6.07, 6.45) is 23.2. The zero-order valence-electron chi connectivity index (χ0n) is 73.8. The Hall–Kier alpha value is -11.2. The number of hydrogen-bond acceptors (Lipinski definition) is 21. The van der Waals surface area contributed by atoms with E-state index in [4.69, 9.17) is 95.0 Å². The van der Waals surface area contributed by atoms with Gasteiger partial charge in [-0.25, -0.2) is 39.8 Å². The Morgan fingerprint density at radius 2 is 0.892 bits per heavy atom. The summed E-state index contributed by atoms with van der Waals surface area (Å²) < 4.78 is 54.5. The van der Waals surface area contributed by atoms with Gasteiger partial charge in [-0.2, -0.15) is 10.3 Å². The van der Waals surface area contributed by atoms with E-state index in [0.29, 0.717) is 108 Å². The molecule has 0 aromatic heterocycles. The van der Waals surface area contributed by atoms with Crippen LogP contribution in [0.2, 0.25) is 19.6 Å². The van der Waals surface area contributed by atoms with Crippen molar-refractivity contribution in [2.75, 3.05) is 40.5 Å². The lowest BCUT2D eigenvalue weighted by atomic mass is 9.65.